The molecule has 30 heavy (non-hydrogen) atoms. The van der Waals surface area contributed by atoms with Gasteiger partial charge in [0.25, 0.3) is 11.1 Å². The summed E-state index contributed by atoms with van der Waals surface area (Å²) < 4.78 is 11.0. The highest BCUT2D eigenvalue weighted by Gasteiger charge is 2.40. The Morgan fingerprint density at radius 2 is 1.47 bits per heavy atom. The van der Waals surface area contributed by atoms with Gasteiger partial charge in [-0.15, -0.1) is 0 Å². The molecule has 4 heterocycles. The maximum atomic E-state index is 12.8. The van der Waals surface area contributed by atoms with Crippen molar-refractivity contribution in [1.82, 2.24) is 19.9 Å². The minimum absolute atomic E-state index is 0.0643. The quantitative estimate of drug-likeness (QED) is 0.229. The molecule has 4 aromatic rings. The van der Waals surface area contributed by atoms with Crippen molar-refractivity contribution in [2.45, 2.75) is 5.92 Å². The van der Waals surface area contributed by atoms with E-state index in [9.17, 15) is 29.1 Å². The second-order valence-corrected chi connectivity index (χ2v) is 6.49. The van der Waals surface area contributed by atoms with Crippen molar-refractivity contribution in [3.05, 3.63) is 93.1 Å². The fourth-order valence-electron chi connectivity index (χ4n) is 3.60. The standard InChI is InChI=1S/C18H10N4O8/c23-12-9(13(24)20-17(27)19-12)7-8-11(5-3-1-2-4-6(5)29-16(8)26)30-15-10(7)14(25)21-18(28)22-15/h1-4,7H,(H2,21,22,25,28)(H3,19,20,23,24,27). The second-order valence-electron chi connectivity index (χ2n) is 6.49. The predicted octanol–water partition coefficient (Wildman–Crippen LogP) is -0.462. The molecule has 0 radical (unpaired) electrons. The third-order valence-corrected chi connectivity index (χ3v) is 4.77. The molecule has 1 unspecified atom stereocenters. The number of rotatable bonds is 1. The molecule has 0 saturated carbocycles. The molecule has 3 aromatic heterocycles. The summed E-state index contributed by atoms with van der Waals surface area (Å²) in [6.07, 6.45) is 0. The van der Waals surface area contributed by atoms with Crippen LogP contribution in [-0.4, -0.2) is 25.0 Å². The molecule has 1 aromatic carbocycles. The monoisotopic (exact) mass is 410 g/mol. The zero-order valence-electron chi connectivity index (χ0n) is 14.7. The van der Waals surface area contributed by atoms with Crippen molar-refractivity contribution in [2.75, 3.05) is 0 Å². The highest BCUT2D eigenvalue weighted by Crippen LogP contribution is 2.46. The molecule has 1 atom stereocenters. The third kappa shape index (κ3) is 2.37. The summed E-state index contributed by atoms with van der Waals surface area (Å²) in [5.74, 6) is -2.75. The van der Waals surface area contributed by atoms with Crippen LogP contribution in [0.4, 0.5) is 0 Å². The minimum Gasteiger partial charge on any atom is -0.494 e. The zero-order chi connectivity index (χ0) is 21.2. The molecule has 1 aliphatic heterocycles. The lowest BCUT2D eigenvalue weighted by molar-refractivity contribution is 0.408. The lowest BCUT2D eigenvalue weighted by Gasteiger charge is -2.26. The molecule has 5 N–H and O–H groups in total. The van der Waals surface area contributed by atoms with Gasteiger partial charge in [-0.2, -0.15) is 0 Å². The molecule has 12 nitrogen and oxygen atoms in total. The topological polar surface area (TPSA) is 191 Å². The van der Waals surface area contributed by atoms with Gasteiger partial charge in [0.1, 0.15) is 5.58 Å². The van der Waals surface area contributed by atoms with E-state index < -0.39 is 45.5 Å². The van der Waals surface area contributed by atoms with E-state index in [0.717, 1.165) is 0 Å². The van der Waals surface area contributed by atoms with E-state index >= 15 is 0 Å². The Hall–Kier alpha value is -4.61. The molecule has 1 aliphatic rings. The van der Waals surface area contributed by atoms with Crippen LogP contribution in [0.3, 0.4) is 0 Å². The second kappa shape index (κ2) is 5.94. The lowest BCUT2D eigenvalue weighted by Crippen LogP contribution is -2.36. The summed E-state index contributed by atoms with van der Waals surface area (Å²) in [5.41, 5.74) is -5.72. The van der Waals surface area contributed by atoms with Gasteiger partial charge in [0.05, 0.1) is 28.0 Å². The Morgan fingerprint density at radius 3 is 2.20 bits per heavy atom. The molecule has 0 saturated heterocycles. The molecule has 0 fully saturated rings. The van der Waals surface area contributed by atoms with E-state index in [2.05, 4.69) is 4.98 Å². The molecule has 150 valence electrons. The summed E-state index contributed by atoms with van der Waals surface area (Å²) >= 11 is 0. The van der Waals surface area contributed by atoms with E-state index in [1.165, 1.54) is 6.07 Å². The number of benzene rings is 1. The number of H-pyrrole nitrogens is 4. The van der Waals surface area contributed by atoms with E-state index in [0.29, 0.717) is 5.39 Å². The summed E-state index contributed by atoms with van der Waals surface area (Å²) in [7, 11) is 0. The number of para-hydroxylation sites is 1. The van der Waals surface area contributed by atoms with Gasteiger partial charge >= 0.3 is 17.0 Å². The van der Waals surface area contributed by atoms with Crippen LogP contribution in [-0.2, 0) is 0 Å². The smallest absolute Gasteiger partial charge is 0.344 e. The van der Waals surface area contributed by atoms with Gasteiger partial charge in [-0.25, -0.2) is 14.4 Å². The van der Waals surface area contributed by atoms with Crippen molar-refractivity contribution < 1.29 is 14.3 Å². The first kappa shape index (κ1) is 17.5. The first-order valence-electron chi connectivity index (χ1n) is 8.50. The number of aromatic hydroxyl groups is 1. The largest absolute Gasteiger partial charge is 0.494 e. The van der Waals surface area contributed by atoms with Crippen molar-refractivity contribution in [3.63, 3.8) is 0 Å². The van der Waals surface area contributed by atoms with Crippen LogP contribution < -0.4 is 32.9 Å². The van der Waals surface area contributed by atoms with E-state index in [4.69, 9.17) is 9.15 Å². The van der Waals surface area contributed by atoms with Gasteiger partial charge in [0.15, 0.2) is 5.75 Å². The Labute approximate surface area is 162 Å². The number of hydrogen-bond acceptors (Lipinski definition) is 8. The van der Waals surface area contributed by atoms with Gasteiger partial charge in [-0.1, -0.05) is 12.1 Å². The summed E-state index contributed by atoms with van der Waals surface area (Å²) in [6, 6.07) is 6.34. The van der Waals surface area contributed by atoms with Crippen LogP contribution >= 0.6 is 0 Å². The number of aromatic amines is 4. The first-order chi connectivity index (χ1) is 14.3. The SMILES string of the molecule is O=c1[nH]c(O)c(C2c3c([nH]c(=O)[nH]c3=O)Oc3c2c(=O)oc2ccccc32)c(=O)[nH]1. The van der Waals surface area contributed by atoms with Gasteiger partial charge in [-0.3, -0.25) is 29.5 Å². The fourth-order valence-corrected chi connectivity index (χ4v) is 3.60. The molecule has 0 amide bonds. The minimum atomic E-state index is -1.51. The molecular formula is C18H10N4O8. The Balaban J connectivity index is 2.00. The van der Waals surface area contributed by atoms with Crippen LogP contribution in [0.25, 0.3) is 11.0 Å². The average Bonchev–Trinajstić information content (AvgIpc) is 2.66. The Bertz CT molecular complexity index is 1630. The van der Waals surface area contributed by atoms with Crippen molar-refractivity contribution in [3.8, 4) is 17.5 Å². The number of aromatic nitrogens is 4. The van der Waals surface area contributed by atoms with Crippen molar-refractivity contribution in [2.24, 2.45) is 0 Å². The van der Waals surface area contributed by atoms with E-state index in [1.54, 1.807) is 18.2 Å². The normalized spacial score (nSPS) is 14.7. The Morgan fingerprint density at radius 1 is 0.800 bits per heavy atom. The lowest BCUT2D eigenvalue weighted by atomic mass is 9.85. The fraction of sp³-hybridized carbons (Fsp3) is 0.0556. The van der Waals surface area contributed by atoms with Gasteiger partial charge in [0, 0.05) is 0 Å². The molecule has 12 heteroatoms. The summed E-state index contributed by atoms with van der Waals surface area (Å²) in [4.78, 5) is 69.5. The van der Waals surface area contributed by atoms with Crippen LogP contribution in [0.15, 0.2) is 52.7 Å². The number of fused-ring (bicyclic) bond motifs is 4. The highest BCUT2D eigenvalue weighted by molar-refractivity contribution is 5.86. The van der Waals surface area contributed by atoms with Crippen molar-refractivity contribution in [1.29, 1.82) is 0 Å². The molecule has 5 rings (SSSR count). The first-order valence-corrected chi connectivity index (χ1v) is 8.50. The van der Waals surface area contributed by atoms with E-state index in [-0.39, 0.29) is 28.3 Å². The Kier molecular flexibility index (Phi) is 3.46. The van der Waals surface area contributed by atoms with Crippen molar-refractivity contribution >= 4 is 11.0 Å². The maximum Gasteiger partial charge on any atom is 0.344 e. The average molecular weight is 410 g/mol. The van der Waals surface area contributed by atoms with Crippen LogP contribution in [0.2, 0.25) is 0 Å². The number of nitrogens with one attached hydrogen (secondary N) is 4. The summed E-state index contributed by atoms with van der Waals surface area (Å²) in [5, 5.41) is 10.6. The van der Waals surface area contributed by atoms with Gasteiger partial charge < -0.3 is 14.3 Å². The van der Waals surface area contributed by atoms with Gasteiger partial charge in [0.2, 0.25) is 11.8 Å². The molecule has 0 aliphatic carbocycles. The number of ether oxygens (including phenoxy) is 1. The van der Waals surface area contributed by atoms with Crippen LogP contribution in [0.5, 0.6) is 17.5 Å². The summed E-state index contributed by atoms with van der Waals surface area (Å²) in [6.45, 7) is 0. The molecule has 0 bridgehead atoms. The van der Waals surface area contributed by atoms with Crippen LogP contribution in [0.1, 0.15) is 22.6 Å². The maximum absolute atomic E-state index is 12.8. The number of hydrogen-bond donors (Lipinski definition) is 5. The third-order valence-electron chi connectivity index (χ3n) is 4.77. The highest BCUT2D eigenvalue weighted by atomic mass is 16.5. The van der Waals surface area contributed by atoms with Crippen LogP contribution in [0, 0.1) is 0 Å². The zero-order valence-corrected chi connectivity index (χ0v) is 14.7. The van der Waals surface area contributed by atoms with Gasteiger partial charge in [-0.05, 0) is 12.1 Å². The van der Waals surface area contributed by atoms with E-state index in [1.807, 2.05) is 15.0 Å². The predicted molar refractivity (Wildman–Crippen MR) is 101 cm³/mol. The molecular weight excluding hydrogens is 400 g/mol. The molecule has 0 spiro atoms.